The summed E-state index contributed by atoms with van der Waals surface area (Å²) in [7, 11) is 1.70. The molecule has 2 aliphatic carbocycles. The number of aromatic nitrogens is 2. The van der Waals surface area contributed by atoms with Gasteiger partial charge in [-0.15, -0.1) is 0 Å². The number of benzene rings is 2. The fourth-order valence-electron chi connectivity index (χ4n) is 16.4. The number of piperidine rings is 2. The minimum absolute atomic E-state index is 0.000433. The predicted molar refractivity (Wildman–Crippen MR) is 368 cm³/mol. The monoisotopic (exact) mass is 1340 g/mol. The van der Waals surface area contributed by atoms with E-state index in [1.807, 2.05) is 24.3 Å². The van der Waals surface area contributed by atoms with Crippen LogP contribution in [0.3, 0.4) is 0 Å². The van der Waals surface area contributed by atoms with Gasteiger partial charge in [-0.1, -0.05) is 57.4 Å². The second kappa shape index (κ2) is 32.3. The Bertz CT molecular complexity index is 3260. The summed E-state index contributed by atoms with van der Waals surface area (Å²) in [5.74, 6) is -1.23. The number of likely N-dealkylation sites (N-methyl/N-ethyl adjacent to an activating group) is 1. The highest BCUT2D eigenvalue weighted by Crippen LogP contribution is 2.40. The van der Waals surface area contributed by atoms with Gasteiger partial charge in [-0.3, -0.25) is 43.4 Å². The molecule has 25 heteroatoms. The lowest BCUT2D eigenvalue weighted by Crippen LogP contribution is -2.66. The van der Waals surface area contributed by atoms with Gasteiger partial charge >= 0.3 is 0 Å². The molecule has 7 heterocycles. The van der Waals surface area contributed by atoms with Crippen LogP contribution in [0.2, 0.25) is 0 Å². The maximum Gasteiger partial charge on any atom is 0.246 e. The molecule has 1 unspecified atom stereocenters. The zero-order valence-corrected chi connectivity index (χ0v) is 57.7. The standard InChI is InChI=1S/C72H106F2N16O7/c1-49(75-4)67(95)83-66(51-14-6-5-7-15-51)69(97)90-42-53(38-59(90)68(96)82-57-18-10-16-50-13-8-9-17-54(50)57)81-63(92)20-19-62(91)77-29-12-30-86-33-23-71(45-86)24-34-87(46-71)43-64(93)78-28-11-27-76-60-40-61(80-48-79-60)88-35-25-72(26-36-88)47-89(44-65(94)84-72)58-39-55(73)52(37-56(58)74)41-85-31-21-70(2,3)22-32-85/h8-9,13,17,37,39-40,48-49,51,53,57,59,66,75H,5-7,10-12,14-16,18-36,38,41-47H2,1-4H3,(H,77,91)(H,78,93)(H,81,92)(H,82,96)(H,83,95)(H,84,94)(H,76,79,80)/t49-,53-,57?,59-,66-,71-/m0/s1. The first kappa shape index (κ1) is 71.2. The molecule has 3 aromatic rings. The Morgan fingerprint density at radius 1 is 0.732 bits per heavy atom. The highest BCUT2D eigenvalue weighted by Gasteiger charge is 2.47. The van der Waals surface area contributed by atoms with E-state index in [1.165, 1.54) is 24.0 Å². The van der Waals surface area contributed by atoms with Crippen LogP contribution in [0.5, 0.6) is 0 Å². The molecule has 8 N–H and O–H groups in total. The number of amides is 7. The van der Waals surface area contributed by atoms with Gasteiger partial charge in [0.25, 0.3) is 0 Å². The Morgan fingerprint density at radius 2 is 1.45 bits per heavy atom. The summed E-state index contributed by atoms with van der Waals surface area (Å²) < 4.78 is 31.4. The first-order valence-electron chi connectivity index (χ1n) is 36.2. The summed E-state index contributed by atoms with van der Waals surface area (Å²) in [6, 6.07) is 9.71. The molecule has 530 valence electrons. The van der Waals surface area contributed by atoms with Gasteiger partial charge in [0.05, 0.1) is 36.4 Å². The van der Waals surface area contributed by atoms with Gasteiger partial charge in [0.15, 0.2) is 0 Å². The van der Waals surface area contributed by atoms with Gasteiger partial charge in [-0.25, -0.2) is 18.7 Å². The summed E-state index contributed by atoms with van der Waals surface area (Å²) in [4.78, 5) is 117. The number of hydrogen-bond donors (Lipinski definition) is 8. The number of likely N-dealkylation sites (tertiary alicyclic amines) is 4. The largest absolute Gasteiger partial charge is 0.370 e. The fourth-order valence-corrected chi connectivity index (χ4v) is 16.4. The molecule has 23 nitrogen and oxygen atoms in total. The van der Waals surface area contributed by atoms with Gasteiger partial charge in [-0.2, -0.15) is 0 Å². The lowest BCUT2D eigenvalue weighted by Gasteiger charge is -2.48. The summed E-state index contributed by atoms with van der Waals surface area (Å²) in [5, 5.41) is 25.0. The quantitative estimate of drug-likeness (QED) is 0.0497. The third-order valence-corrected chi connectivity index (χ3v) is 22.4. The van der Waals surface area contributed by atoms with Crippen molar-refractivity contribution in [2.75, 3.05) is 127 Å². The van der Waals surface area contributed by atoms with Crippen molar-refractivity contribution in [3.63, 3.8) is 0 Å². The van der Waals surface area contributed by atoms with Gasteiger partial charge in [-0.05, 0) is 171 Å². The molecular formula is C72H106F2N16O7. The van der Waals surface area contributed by atoms with Crippen molar-refractivity contribution in [2.24, 2.45) is 16.7 Å². The molecule has 97 heavy (non-hydrogen) atoms. The molecule has 0 bridgehead atoms. The first-order chi connectivity index (χ1) is 46.7. The van der Waals surface area contributed by atoms with Crippen LogP contribution < -0.4 is 52.3 Å². The molecule has 2 aromatic carbocycles. The minimum Gasteiger partial charge on any atom is -0.370 e. The number of fused-ring (bicyclic) bond motifs is 1. The maximum absolute atomic E-state index is 15.8. The van der Waals surface area contributed by atoms with Gasteiger partial charge in [0.1, 0.15) is 41.7 Å². The lowest BCUT2D eigenvalue weighted by molar-refractivity contribution is -0.143. The van der Waals surface area contributed by atoms with Crippen LogP contribution in [0, 0.1) is 28.4 Å². The summed E-state index contributed by atoms with van der Waals surface area (Å²) in [5.41, 5.74) is 2.54. The van der Waals surface area contributed by atoms with Crippen LogP contribution >= 0.6 is 0 Å². The van der Waals surface area contributed by atoms with Crippen LogP contribution in [0.1, 0.15) is 159 Å². The summed E-state index contributed by atoms with van der Waals surface area (Å²) >= 11 is 0. The van der Waals surface area contributed by atoms with E-state index in [9.17, 15) is 33.6 Å². The van der Waals surface area contributed by atoms with Gasteiger partial charge in [0.2, 0.25) is 41.4 Å². The molecule has 2 spiro atoms. The molecule has 11 rings (SSSR count). The summed E-state index contributed by atoms with van der Waals surface area (Å²) in [6.07, 6.45) is 15.7. The average Bonchev–Trinajstić information content (AvgIpc) is 1.25. The maximum atomic E-state index is 15.8. The van der Waals surface area contributed by atoms with E-state index in [0.717, 1.165) is 141 Å². The topological polar surface area (TPSA) is 261 Å². The molecular weight excluding hydrogens is 1240 g/mol. The normalized spacial score (nSPS) is 24.3. The Labute approximate surface area is 571 Å². The van der Waals surface area contributed by atoms with Crippen LogP contribution in [-0.4, -0.2) is 212 Å². The molecule has 6 saturated heterocycles. The molecule has 7 fully saturated rings. The van der Waals surface area contributed by atoms with Crippen molar-refractivity contribution in [1.82, 2.24) is 66.8 Å². The van der Waals surface area contributed by atoms with E-state index in [-0.39, 0.29) is 102 Å². The highest BCUT2D eigenvalue weighted by molar-refractivity contribution is 5.94. The van der Waals surface area contributed by atoms with Crippen LogP contribution in [0.25, 0.3) is 0 Å². The Balaban J connectivity index is 0.557. The number of anilines is 3. The van der Waals surface area contributed by atoms with Crippen molar-refractivity contribution >= 4 is 58.7 Å². The molecule has 7 amide bonds. The van der Waals surface area contributed by atoms with E-state index >= 15 is 8.78 Å². The predicted octanol–water partition coefficient (Wildman–Crippen LogP) is 4.91. The van der Waals surface area contributed by atoms with Crippen molar-refractivity contribution in [1.29, 1.82) is 0 Å². The number of aryl methyl sites for hydroxylation is 1. The van der Waals surface area contributed by atoms with Crippen LogP contribution in [0.15, 0.2) is 48.8 Å². The molecule has 1 aromatic heterocycles. The number of carbonyl (C=O) groups excluding carboxylic acids is 7. The van der Waals surface area contributed by atoms with E-state index < -0.39 is 41.3 Å². The zero-order valence-electron chi connectivity index (χ0n) is 57.7. The molecule has 1 saturated carbocycles. The third kappa shape index (κ3) is 18.6. The van der Waals surface area contributed by atoms with Crippen LogP contribution in [-0.2, 0) is 46.5 Å². The second-order valence-corrected chi connectivity index (χ2v) is 30.1. The first-order valence-corrected chi connectivity index (χ1v) is 36.2. The van der Waals surface area contributed by atoms with Crippen molar-refractivity contribution in [3.05, 3.63) is 77.1 Å². The van der Waals surface area contributed by atoms with Crippen molar-refractivity contribution < 1.29 is 42.3 Å². The lowest BCUT2D eigenvalue weighted by atomic mass is 9.82. The third-order valence-electron chi connectivity index (χ3n) is 22.4. The number of halogens is 2. The van der Waals surface area contributed by atoms with Crippen molar-refractivity contribution in [3.8, 4) is 0 Å². The number of nitrogens with zero attached hydrogens (tertiary/aromatic N) is 8. The molecule has 6 atom stereocenters. The van der Waals surface area contributed by atoms with E-state index in [4.69, 9.17) is 0 Å². The average molecular weight is 1350 g/mol. The molecule has 8 aliphatic rings. The van der Waals surface area contributed by atoms with Gasteiger partial charge < -0.3 is 62.1 Å². The number of hydrogen-bond acceptors (Lipinski definition) is 16. The Morgan fingerprint density at radius 3 is 2.24 bits per heavy atom. The number of carbonyl (C=O) groups is 7. The Hall–Kier alpha value is -7.09. The molecule has 6 aliphatic heterocycles. The summed E-state index contributed by atoms with van der Waals surface area (Å²) in [6.45, 7) is 16.3. The Kier molecular flexibility index (Phi) is 23.7. The van der Waals surface area contributed by atoms with E-state index in [0.29, 0.717) is 83.0 Å². The molecule has 0 radical (unpaired) electrons. The SMILES string of the molecule is CN[C@@H](C)C(=O)N[C@H](C(=O)N1C[C@@H](NC(=O)CCC(=O)NCCCN2CC[C@]3(CCN(CC(=O)NCCCNc4cc(N5CCC6(CC5)CN(c5cc(F)c(CN7CCC(C)(C)CC7)cc5F)CC(=O)N6)ncn4)C3)C2)C[C@H]1C(=O)NC1CCCc2ccccc21)C1CCCCC1. The number of nitrogens with one attached hydrogen (secondary N) is 8. The zero-order chi connectivity index (χ0) is 68.3. The minimum atomic E-state index is -0.855. The van der Waals surface area contributed by atoms with E-state index in [2.05, 4.69) is 92.0 Å². The van der Waals surface area contributed by atoms with Crippen LogP contribution in [0.4, 0.5) is 26.1 Å². The number of rotatable bonds is 26. The van der Waals surface area contributed by atoms with E-state index in [1.54, 1.807) is 23.8 Å². The smallest absolute Gasteiger partial charge is 0.246 e. The highest BCUT2D eigenvalue weighted by atomic mass is 19.1. The van der Waals surface area contributed by atoms with Gasteiger partial charge in [0, 0.05) is 102 Å². The fraction of sp³-hybridized carbons (Fsp3) is 0.681. The number of piperazine rings is 1. The second-order valence-electron chi connectivity index (χ2n) is 30.1. The van der Waals surface area contributed by atoms with Crippen molar-refractivity contribution in [2.45, 2.75) is 185 Å².